The van der Waals surface area contributed by atoms with Gasteiger partial charge in [-0.1, -0.05) is 0 Å². The largest absolute Gasteiger partial charge is 0.381 e. The van der Waals surface area contributed by atoms with Gasteiger partial charge in [-0.3, -0.25) is 4.70 Å². The Balaban J connectivity index is 0. The molecule has 0 atom stereocenters. The van der Waals surface area contributed by atoms with E-state index >= 15 is 0 Å². The normalized spacial score (nSPS) is 16.4. The molecule has 0 saturated carbocycles. The summed E-state index contributed by atoms with van der Waals surface area (Å²) in [6.45, 7) is 7.90. The van der Waals surface area contributed by atoms with E-state index in [0.29, 0.717) is 0 Å². The van der Waals surface area contributed by atoms with Gasteiger partial charge < -0.3 is 10.5 Å². The lowest BCUT2D eigenvalue weighted by Crippen LogP contribution is -2.26. The van der Waals surface area contributed by atoms with E-state index in [2.05, 4.69) is 0 Å². The second kappa shape index (κ2) is 6.55. The van der Waals surface area contributed by atoms with Crippen LogP contribution in [0.4, 0.5) is 4.70 Å². The van der Waals surface area contributed by atoms with E-state index in [-0.39, 0.29) is 10.2 Å². The van der Waals surface area contributed by atoms with Crippen LogP contribution in [0.25, 0.3) is 0 Å². The maximum atomic E-state index is 5.35. The van der Waals surface area contributed by atoms with Crippen LogP contribution in [0.3, 0.4) is 0 Å². The van der Waals surface area contributed by atoms with E-state index < -0.39 is 0 Å². The molecule has 2 nitrogen and oxygen atoms in total. The van der Waals surface area contributed by atoms with Gasteiger partial charge in [0.05, 0.1) is 0 Å². The van der Waals surface area contributed by atoms with E-state index in [4.69, 9.17) is 10.5 Å². The van der Waals surface area contributed by atoms with Gasteiger partial charge in [-0.15, -0.1) is 0 Å². The van der Waals surface area contributed by atoms with Crippen molar-refractivity contribution in [1.29, 1.82) is 0 Å². The molecule has 11 heavy (non-hydrogen) atoms. The predicted molar refractivity (Wildman–Crippen MR) is 46.5 cm³/mol. The van der Waals surface area contributed by atoms with Gasteiger partial charge in [-0.05, 0) is 33.6 Å². The third kappa shape index (κ3) is 25.8. The molecular weight excluding hydrogens is 145 g/mol. The Morgan fingerprint density at radius 1 is 1.09 bits per heavy atom. The summed E-state index contributed by atoms with van der Waals surface area (Å²) in [6.07, 6.45) is 2.56. The first-order valence-electron chi connectivity index (χ1n) is 3.87. The van der Waals surface area contributed by atoms with Crippen LogP contribution < -0.4 is 5.73 Å². The monoisotopic (exact) mass is 165 g/mol. The number of hydrogen-bond acceptors (Lipinski definition) is 2. The SMILES string of the molecule is C1CCOC1.CC(C)(C)N.F. The highest BCUT2D eigenvalue weighted by atomic mass is 19.0. The van der Waals surface area contributed by atoms with E-state index in [1.807, 2.05) is 20.8 Å². The molecule has 1 aliphatic rings. The van der Waals surface area contributed by atoms with Crippen LogP contribution in [-0.4, -0.2) is 18.8 Å². The lowest BCUT2D eigenvalue weighted by atomic mass is 10.1. The summed E-state index contributed by atoms with van der Waals surface area (Å²) in [7, 11) is 0. The summed E-state index contributed by atoms with van der Waals surface area (Å²) in [5.41, 5.74) is 5.35. The first-order valence-corrected chi connectivity index (χ1v) is 3.87. The Kier molecular flexibility index (Phi) is 8.01. The fraction of sp³-hybridized carbons (Fsp3) is 1.00. The average molecular weight is 165 g/mol. The second-order valence-corrected chi connectivity index (χ2v) is 3.69. The number of nitrogens with two attached hydrogens (primary N) is 1. The first kappa shape index (κ1) is 13.4. The fourth-order valence-corrected chi connectivity index (χ4v) is 0.510. The van der Waals surface area contributed by atoms with Crippen LogP contribution in [-0.2, 0) is 4.74 Å². The van der Waals surface area contributed by atoms with E-state index in [9.17, 15) is 0 Å². The maximum Gasteiger partial charge on any atom is 0.0466 e. The van der Waals surface area contributed by atoms with Gasteiger partial charge in [-0.2, -0.15) is 0 Å². The molecule has 0 radical (unpaired) electrons. The van der Waals surface area contributed by atoms with Crippen LogP contribution in [0, 0.1) is 0 Å². The Morgan fingerprint density at radius 3 is 1.45 bits per heavy atom. The zero-order valence-electron chi connectivity index (χ0n) is 7.72. The van der Waals surface area contributed by atoms with Crippen molar-refractivity contribution in [3.8, 4) is 0 Å². The highest BCUT2D eigenvalue weighted by Gasteiger charge is 1.95. The number of halogens is 1. The van der Waals surface area contributed by atoms with Crippen molar-refractivity contribution in [2.75, 3.05) is 13.2 Å². The lowest BCUT2D eigenvalue weighted by Gasteiger charge is -2.06. The molecule has 0 amide bonds. The molecule has 0 aliphatic carbocycles. The second-order valence-electron chi connectivity index (χ2n) is 3.69. The minimum absolute atomic E-state index is 0. The maximum absolute atomic E-state index is 5.35. The van der Waals surface area contributed by atoms with Gasteiger partial charge in [-0.25, -0.2) is 0 Å². The zero-order valence-corrected chi connectivity index (χ0v) is 7.72. The first-order chi connectivity index (χ1) is 4.50. The van der Waals surface area contributed by atoms with Crippen molar-refractivity contribution in [3.63, 3.8) is 0 Å². The van der Waals surface area contributed by atoms with Crippen LogP contribution in [0.15, 0.2) is 0 Å². The van der Waals surface area contributed by atoms with Gasteiger partial charge in [0.1, 0.15) is 0 Å². The summed E-state index contributed by atoms with van der Waals surface area (Å²) in [4.78, 5) is 0. The Morgan fingerprint density at radius 2 is 1.36 bits per heavy atom. The molecule has 3 heteroatoms. The summed E-state index contributed by atoms with van der Waals surface area (Å²) in [5.74, 6) is 0. The van der Waals surface area contributed by atoms with E-state index in [1.54, 1.807) is 0 Å². The highest BCUT2D eigenvalue weighted by molar-refractivity contribution is 4.60. The summed E-state index contributed by atoms with van der Waals surface area (Å²) in [6, 6.07) is 0. The zero-order chi connectivity index (χ0) is 8.04. The molecule has 0 aromatic carbocycles. The van der Waals surface area contributed by atoms with Crippen molar-refractivity contribution in [3.05, 3.63) is 0 Å². The predicted octanol–water partition coefficient (Wildman–Crippen LogP) is 1.69. The molecule has 2 N–H and O–H groups in total. The third-order valence-corrected chi connectivity index (χ3v) is 0.827. The fourth-order valence-electron chi connectivity index (χ4n) is 0.510. The van der Waals surface area contributed by atoms with Crippen molar-refractivity contribution >= 4 is 0 Å². The van der Waals surface area contributed by atoms with Gasteiger partial charge in [0.15, 0.2) is 0 Å². The molecule has 0 aromatic rings. The van der Waals surface area contributed by atoms with Crippen molar-refractivity contribution in [2.45, 2.75) is 39.2 Å². The van der Waals surface area contributed by atoms with Crippen molar-refractivity contribution in [2.24, 2.45) is 5.73 Å². The van der Waals surface area contributed by atoms with Crippen molar-refractivity contribution < 1.29 is 9.44 Å². The average Bonchev–Trinajstić information content (AvgIpc) is 2.07. The molecule has 0 bridgehead atoms. The van der Waals surface area contributed by atoms with E-state index in [0.717, 1.165) is 13.2 Å². The molecule has 70 valence electrons. The summed E-state index contributed by atoms with van der Waals surface area (Å²) < 4.78 is 4.94. The van der Waals surface area contributed by atoms with Crippen LogP contribution in [0.5, 0.6) is 0 Å². The molecule has 1 rings (SSSR count). The standard InChI is InChI=1S/C4H11N.C4H8O.FH/c1-4(2,3)5;1-2-4-5-3-1;/h5H2,1-3H3;1-4H2;1H. The summed E-state index contributed by atoms with van der Waals surface area (Å²) >= 11 is 0. The van der Waals surface area contributed by atoms with Gasteiger partial charge in [0.25, 0.3) is 0 Å². The number of hydrogen-bond donors (Lipinski definition) is 1. The van der Waals surface area contributed by atoms with Crippen LogP contribution in [0.2, 0.25) is 0 Å². The molecule has 1 saturated heterocycles. The van der Waals surface area contributed by atoms with Gasteiger partial charge in [0, 0.05) is 18.8 Å². The molecule has 0 unspecified atom stereocenters. The smallest absolute Gasteiger partial charge is 0.0466 e. The molecule has 1 fully saturated rings. The van der Waals surface area contributed by atoms with Gasteiger partial charge in [0.2, 0.25) is 0 Å². The van der Waals surface area contributed by atoms with Crippen LogP contribution in [0.1, 0.15) is 33.6 Å². The molecule has 1 heterocycles. The van der Waals surface area contributed by atoms with Gasteiger partial charge >= 0.3 is 0 Å². The Labute approximate surface area is 68.5 Å². The third-order valence-electron chi connectivity index (χ3n) is 0.827. The molecule has 0 spiro atoms. The minimum Gasteiger partial charge on any atom is -0.381 e. The van der Waals surface area contributed by atoms with Crippen molar-refractivity contribution in [1.82, 2.24) is 0 Å². The Bertz CT molecular complexity index is 63.0. The topological polar surface area (TPSA) is 35.2 Å². The minimum atomic E-state index is 0. The quantitative estimate of drug-likeness (QED) is 0.593. The number of ether oxygens (including phenoxy) is 1. The van der Waals surface area contributed by atoms with Crippen LogP contribution >= 0.6 is 0 Å². The number of rotatable bonds is 0. The Hall–Kier alpha value is -0.150. The molecular formula is C8H20FNO. The van der Waals surface area contributed by atoms with E-state index in [1.165, 1.54) is 12.8 Å². The lowest BCUT2D eigenvalue weighted by molar-refractivity contribution is 0.198. The molecule has 1 aliphatic heterocycles. The summed E-state index contributed by atoms with van der Waals surface area (Å²) in [5, 5.41) is 0. The highest BCUT2D eigenvalue weighted by Crippen LogP contribution is 1.98. The molecule has 0 aromatic heterocycles.